The van der Waals surface area contributed by atoms with Gasteiger partial charge in [0.15, 0.2) is 0 Å². The summed E-state index contributed by atoms with van der Waals surface area (Å²) in [6.45, 7) is 0. The van der Waals surface area contributed by atoms with Gasteiger partial charge in [0.25, 0.3) is 0 Å². The Bertz CT molecular complexity index is 603. The summed E-state index contributed by atoms with van der Waals surface area (Å²) in [5, 5.41) is 11.4. The van der Waals surface area contributed by atoms with Gasteiger partial charge in [-0.1, -0.05) is 0 Å². The molecule has 0 aromatic heterocycles. The molecule has 0 saturated heterocycles. The molecular formula is C14H13F3N2OS. The SMILES string of the molecule is N#Cc1cc(C(F)(F)F)ccc1NC(=O)CC1(CS)CC1. The van der Waals surface area contributed by atoms with E-state index in [1.54, 1.807) is 6.07 Å². The molecule has 0 spiro atoms. The topological polar surface area (TPSA) is 52.9 Å². The fraction of sp³-hybridized carbons (Fsp3) is 0.429. The number of hydrogen-bond donors (Lipinski definition) is 2. The molecule has 0 heterocycles. The number of nitrogens with one attached hydrogen (secondary N) is 1. The van der Waals surface area contributed by atoms with E-state index >= 15 is 0 Å². The van der Waals surface area contributed by atoms with Crippen molar-refractivity contribution >= 4 is 24.2 Å². The van der Waals surface area contributed by atoms with Gasteiger partial charge in [-0.05, 0) is 42.2 Å². The Kier molecular flexibility index (Phi) is 4.19. The van der Waals surface area contributed by atoms with Gasteiger partial charge >= 0.3 is 6.18 Å². The van der Waals surface area contributed by atoms with Gasteiger partial charge in [0.2, 0.25) is 5.91 Å². The molecule has 1 aliphatic rings. The summed E-state index contributed by atoms with van der Waals surface area (Å²) in [5.41, 5.74) is -1.10. The van der Waals surface area contributed by atoms with Crippen LogP contribution in [0.15, 0.2) is 18.2 Å². The second-order valence-electron chi connectivity index (χ2n) is 5.25. The quantitative estimate of drug-likeness (QED) is 0.834. The molecule has 1 N–H and O–H groups in total. The standard InChI is InChI=1S/C14H13F3N2OS/c15-14(16,17)10-1-2-11(9(5-10)7-18)19-12(20)6-13(8-21)3-4-13/h1-2,5,21H,3-4,6,8H2,(H,19,20). The maximum atomic E-state index is 12.6. The summed E-state index contributed by atoms with van der Waals surface area (Å²) in [6.07, 6.45) is -2.41. The molecule has 3 nitrogen and oxygen atoms in total. The van der Waals surface area contributed by atoms with Crippen molar-refractivity contribution in [1.82, 2.24) is 0 Å². The molecule has 0 atom stereocenters. The Labute approximate surface area is 125 Å². The normalized spacial score (nSPS) is 16.1. The number of nitrogens with zero attached hydrogens (tertiary/aromatic N) is 1. The first kappa shape index (κ1) is 15.7. The van der Waals surface area contributed by atoms with E-state index in [4.69, 9.17) is 5.26 Å². The van der Waals surface area contributed by atoms with E-state index in [0.29, 0.717) is 5.75 Å². The van der Waals surface area contributed by atoms with Gasteiger partial charge in [-0.2, -0.15) is 31.1 Å². The predicted molar refractivity (Wildman–Crippen MR) is 74.9 cm³/mol. The highest BCUT2D eigenvalue weighted by Gasteiger charge is 2.43. The van der Waals surface area contributed by atoms with Crippen LogP contribution in [0, 0.1) is 16.7 Å². The second kappa shape index (κ2) is 5.60. The molecule has 1 aromatic carbocycles. The molecular weight excluding hydrogens is 301 g/mol. The smallest absolute Gasteiger partial charge is 0.325 e. The largest absolute Gasteiger partial charge is 0.416 e. The molecule has 112 valence electrons. The Morgan fingerprint density at radius 3 is 2.57 bits per heavy atom. The highest BCUT2D eigenvalue weighted by Crippen LogP contribution is 2.49. The minimum Gasteiger partial charge on any atom is -0.325 e. The Morgan fingerprint density at radius 1 is 1.43 bits per heavy atom. The zero-order valence-corrected chi connectivity index (χ0v) is 11.9. The lowest BCUT2D eigenvalue weighted by Crippen LogP contribution is -2.19. The van der Waals surface area contributed by atoms with Crippen molar-refractivity contribution in [3.63, 3.8) is 0 Å². The molecule has 0 unspecified atom stereocenters. The fourth-order valence-corrected chi connectivity index (χ4v) is 2.45. The summed E-state index contributed by atoms with van der Waals surface area (Å²) >= 11 is 4.19. The first-order valence-electron chi connectivity index (χ1n) is 6.32. The minimum atomic E-state index is -4.52. The van der Waals surface area contributed by atoms with E-state index in [0.717, 1.165) is 31.0 Å². The van der Waals surface area contributed by atoms with Gasteiger partial charge in [-0.15, -0.1) is 0 Å². The van der Waals surface area contributed by atoms with E-state index in [-0.39, 0.29) is 29.0 Å². The van der Waals surface area contributed by atoms with Crippen LogP contribution in [0.1, 0.15) is 30.4 Å². The van der Waals surface area contributed by atoms with Gasteiger partial charge in [0.1, 0.15) is 6.07 Å². The van der Waals surface area contributed by atoms with Gasteiger partial charge in [-0.25, -0.2) is 0 Å². The lowest BCUT2D eigenvalue weighted by atomic mass is 10.0. The van der Waals surface area contributed by atoms with Gasteiger partial charge < -0.3 is 5.32 Å². The number of halogens is 3. The molecule has 0 radical (unpaired) electrons. The van der Waals surface area contributed by atoms with Crippen LogP contribution in [-0.4, -0.2) is 11.7 Å². The van der Waals surface area contributed by atoms with Crippen LogP contribution < -0.4 is 5.32 Å². The van der Waals surface area contributed by atoms with Crippen molar-refractivity contribution < 1.29 is 18.0 Å². The number of rotatable bonds is 4. The first-order valence-corrected chi connectivity index (χ1v) is 6.95. The first-order chi connectivity index (χ1) is 9.79. The van der Waals surface area contributed by atoms with Crippen molar-refractivity contribution in [3.05, 3.63) is 29.3 Å². The van der Waals surface area contributed by atoms with E-state index in [1.165, 1.54) is 0 Å². The van der Waals surface area contributed by atoms with Crippen molar-refractivity contribution in [2.75, 3.05) is 11.1 Å². The van der Waals surface area contributed by atoms with Crippen LogP contribution in [0.5, 0.6) is 0 Å². The predicted octanol–water partition coefficient (Wildman–Crippen LogP) is 3.62. The van der Waals surface area contributed by atoms with Gasteiger partial charge in [0.05, 0.1) is 16.8 Å². The summed E-state index contributed by atoms with van der Waals surface area (Å²) in [4.78, 5) is 11.9. The molecule has 1 saturated carbocycles. The van der Waals surface area contributed by atoms with Crippen LogP contribution in [0.3, 0.4) is 0 Å². The Morgan fingerprint density at radius 2 is 2.10 bits per heavy atom. The van der Waals surface area contributed by atoms with Crippen molar-refractivity contribution in [1.29, 1.82) is 5.26 Å². The summed E-state index contributed by atoms with van der Waals surface area (Å²) < 4.78 is 37.7. The number of carbonyl (C=O) groups excluding carboxylic acids is 1. The molecule has 1 aliphatic carbocycles. The van der Waals surface area contributed by atoms with E-state index in [2.05, 4.69) is 17.9 Å². The number of anilines is 1. The molecule has 7 heteroatoms. The Balaban J connectivity index is 2.13. The monoisotopic (exact) mass is 314 g/mol. The minimum absolute atomic E-state index is 0.0914. The molecule has 2 rings (SSSR count). The number of nitriles is 1. The van der Waals surface area contributed by atoms with E-state index in [9.17, 15) is 18.0 Å². The average Bonchev–Trinajstić information content (AvgIpc) is 3.18. The third-order valence-corrected chi connectivity index (χ3v) is 4.24. The number of hydrogen-bond acceptors (Lipinski definition) is 3. The van der Waals surface area contributed by atoms with Crippen molar-refractivity contribution in [2.24, 2.45) is 5.41 Å². The lowest BCUT2D eigenvalue weighted by molar-refractivity contribution is -0.137. The number of carbonyl (C=O) groups is 1. The molecule has 1 fully saturated rings. The van der Waals surface area contributed by atoms with Crippen LogP contribution in [0.25, 0.3) is 0 Å². The number of amides is 1. The van der Waals surface area contributed by atoms with Crippen LogP contribution in [0.2, 0.25) is 0 Å². The highest BCUT2D eigenvalue weighted by atomic mass is 32.1. The second-order valence-corrected chi connectivity index (χ2v) is 5.57. The van der Waals surface area contributed by atoms with E-state index in [1.807, 2.05) is 0 Å². The average molecular weight is 314 g/mol. The molecule has 1 aromatic rings. The summed E-state index contributed by atoms with van der Waals surface area (Å²) in [6, 6.07) is 4.37. The van der Waals surface area contributed by atoms with Gasteiger partial charge in [-0.3, -0.25) is 4.79 Å². The number of thiol groups is 1. The zero-order valence-electron chi connectivity index (χ0n) is 11.0. The van der Waals surface area contributed by atoms with Crippen molar-refractivity contribution in [3.8, 4) is 6.07 Å². The van der Waals surface area contributed by atoms with Gasteiger partial charge in [0, 0.05) is 6.42 Å². The highest BCUT2D eigenvalue weighted by molar-refractivity contribution is 7.80. The number of benzene rings is 1. The fourth-order valence-electron chi connectivity index (χ4n) is 2.02. The van der Waals surface area contributed by atoms with Crippen LogP contribution in [-0.2, 0) is 11.0 Å². The third-order valence-electron chi connectivity index (χ3n) is 3.57. The third kappa shape index (κ3) is 3.70. The number of alkyl halides is 3. The molecule has 21 heavy (non-hydrogen) atoms. The van der Waals surface area contributed by atoms with E-state index < -0.39 is 11.7 Å². The van der Waals surface area contributed by atoms with Crippen molar-refractivity contribution in [2.45, 2.75) is 25.4 Å². The summed E-state index contributed by atoms with van der Waals surface area (Å²) in [5.74, 6) is 0.288. The molecule has 0 aliphatic heterocycles. The maximum absolute atomic E-state index is 12.6. The lowest BCUT2D eigenvalue weighted by Gasteiger charge is -2.13. The molecule has 1 amide bonds. The van der Waals surface area contributed by atoms with Crippen LogP contribution in [0.4, 0.5) is 18.9 Å². The zero-order chi connectivity index (χ0) is 15.7. The summed E-state index contributed by atoms with van der Waals surface area (Å²) in [7, 11) is 0. The maximum Gasteiger partial charge on any atom is 0.416 e. The van der Waals surface area contributed by atoms with Crippen LogP contribution >= 0.6 is 12.6 Å². The molecule has 0 bridgehead atoms. The Hall–Kier alpha value is -1.68.